The summed E-state index contributed by atoms with van der Waals surface area (Å²) in [6.07, 6.45) is 3.73. The van der Waals surface area contributed by atoms with Gasteiger partial charge in [0, 0.05) is 24.6 Å². The molecule has 4 rings (SSSR count). The predicted octanol–water partition coefficient (Wildman–Crippen LogP) is 3.56. The number of rotatable bonds is 5. The summed E-state index contributed by atoms with van der Waals surface area (Å²) in [5, 5.41) is 3.37. The second-order valence-electron chi connectivity index (χ2n) is 6.42. The van der Waals surface area contributed by atoms with Crippen molar-refractivity contribution in [3.05, 3.63) is 72.2 Å². The molecule has 2 N–H and O–H groups in total. The lowest BCUT2D eigenvalue weighted by molar-refractivity contribution is 0.0937. The lowest BCUT2D eigenvalue weighted by Crippen LogP contribution is -2.40. The van der Waals surface area contributed by atoms with Crippen LogP contribution in [0.3, 0.4) is 0 Å². The molecule has 1 aliphatic heterocycles. The van der Waals surface area contributed by atoms with E-state index in [-0.39, 0.29) is 12.1 Å². The summed E-state index contributed by atoms with van der Waals surface area (Å²) in [5.41, 5.74) is 2.34. The number of hydrogen-bond acceptors (Lipinski definition) is 5. The van der Waals surface area contributed by atoms with E-state index in [4.69, 9.17) is 9.72 Å². The minimum Gasteiger partial charge on any atom is -0.377 e. The summed E-state index contributed by atoms with van der Waals surface area (Å²) < 4.78 is 5.73. The first-order valence-corrected chi connectivity index (χ1v) is 8.93. The fourth-order valence-corrected chi connectivity index (χ4v) is 3.29. The number of nitrogens with zero attached hydrogens (tertiary/aromatic N) is 3. The third-order valence-electron chi connectivity index (χ3n) is 4.68. The van der Waals surface area contributed by atoms with Gasteiger partial charge in [-0.25, -0.2) is 4.98 Å². The standard InChI is InChI=1S/C20H23N5O/c1-15(17-8-5-10-21-17)23-20-22-11-9-19(24-20)25-12-13-26-14-18(25)16-6-3-2-4-7-16/h2-11,15,18,21H,12-14H2,1H3,(H,22,23,24)/t15?,18-/m1/s1. The fraction of sp³-hybridized carbons (Fsp3) is 0.300. The molecular weight excluding hydrogens is 326 g/mol. The van der Waals surface area contributed by atoms with Crippen molar-refractivity contribution in [3.63, 3.8) is 0 Å². The number of H-pyrrole nitrogens is 1. The van der Waals surface area contributed by atoms with Gasteiger partial charge >= 0.3 is 0 Å². The first-order valence-electron chi connectivity index (χ1n) is 8.93. The van der Waals surface area contributed by atoms with Gasteiger partial charge in [0.05, 0.1) is 25.3 Å². The van der Waals surface area contributed by atoms with Crippen LogP contribution in [0.5, 0.6) is 0 Å². The molecule has 3 aromatic rings. The third kappa shape index (κ3) is 3.55. The Balaban J connectivity index is 1.56. The normalized spacial score (nSPS) is 18.5. The highest BCUT2D eigenvalue weighted by atomic mass is 16.5. The van der Waals surface area contributed by atoms with E-state index in [0.29, 0.717) is 19.2 Å². The predicted molar refractivity (Wildman–Crippen MR) is 102 cm³/mol. The molecule has 26 heavy (non-hydrogen) atoms. The Kier molecular flexibility index (Phi) is 4.84. The summed E-state index contributed by atoms with van der Waals surface area (Å²) in [6.45, 7) is 4.26. The average molecular weight is 349 g/mol. The van der Waals surface area contributed by atoms with Crippen LogP contribution >= 0.6 is 0 Å². The molecule has 1 aliphatic rings. The van der Waals surface area contributed by atoms with E-state index in [1.807, 2.05) is 30.6 Å². The van der Waals surface area contributed by atoms with Crippen molar-refractivity contribution in [1.82, 2.24) is 15.0 Å². The highest BCUT2D eigenvalue weighted by Gasteiger charge is 2.26. The zero-order valence-corrected chi connectivity index (χ0v) is 14.8. The highest BCUT2D eigenvalue weighted by Crippen LogP contribution is 2.29. The molecule has 0 saturated carbocycles. The summed E-state index contributed by atoms with van der Waals surface area (Å²) in [6, 6.07) is 16.7. The van der Waals surface area contributed by atoms with Crippen LogP contribution < -0.4 is 10.2 Å². The zero-order chi connectivity index (χ0) is 17.8. The van der Waals surface area contributed by atoms with Gasteiger partial charge < -0.3 is 19.9 Å². The van der Waals surface area contributed by atoms with Crippen molar-refractivity contribution in [2.75, 3.05) is 30.0 Å². The number of hydrogen-bond donors (Lipinski definition) is 2. The van der Waals surface area contributed by atoms with Crippen LogP contribution in [0, 0.1) is 0 Å². The van der Waals surface area contributed by atoms with Crippen molar-refractivity contribution < 1.29 is 4.74 Å². The second-order valence-corrected chi connectivity index (χ2v) is 6.42. The molecule has 6 heteroatoms. The van der Waals surface area contributed by atoms with Crippen LogP contribution in [0.1, 0.15) is 30.3 Å². The van der Waals surface area contributed by atoms with Crippen molar-refractivity contribution in [2.45, 2.75) is 19.0 Å². The second kappa shape index (κ2) is 7.58. The number of benzene rings is 1. The monoisotopic (exact) mass is 349 g/mol. The van der Waals surface area contributed by atoms with E-state index < -0.39 is 0 Å². The fourth-order valence-electron chi connectivity index (χ4n) is 3.29. The molecule has 0 bridgehead atoms. The molecule has 0 radical (unpaired) electrons. The Bertz CT molecular complexity index is 821. The number of morpholine rings is 1. The molecule has 2 atom stereocenters. The Morgan fingerprint density at radius 2 is 2.08 bits per heavy atom. The van der Waals surface area contributed by atoms with Crippen LogP contribution in [0.4, 0.5) is 11.8 Å². The highest BCUT2D eigenvalue weighted by molar-refractivity contribution is 5.46. The van der Waals surface area contributed by atoms with Gasteiger partial charge in [-0.3, -0.25) is 0 Å². The van der Waals surface area contributed by atoms with Gasteiger partial charge in [-0.2, -0.15) is 4.98 Å². The number of aromatic nitrogens is 3. The molecule has 1 saturated heterocycles. The first kappa shape index (κ1) is 16.6. The lowest BCUT2D eigenvalue weighted by atomic mass is 10.1. The Morgan fingerprint density at radius 1 is 1.19 bits per heavy atom. The van der Waals surface area contributed by atoms with Gasteiger partial charge in [-0.1, -0.05) is 30.3 Å². The molecule has 6 nitrogen and oxygen atoms in total. The molecule has 3 heterocycles. The molecular formula is C20H23N5O. The summed E-state index contributed by atoms with van der Waals surface area (Å²) in [7, 11) is 0. The molecule has 0 aliphatic carbocycles. The van der Waals surface area contributed by atoms with Crippen molar-refractivity contribution >= 4 is 11.8 Å². The topological polar surface area (TPSA) is 66.1 Å². The minimum atomic E-state index is 0.106. The Hall–Kier alpha value is -2.86. The first-order chi connectivity index (χ1) is 12.8. The van der Waals surface area contributed by atoms with E-state index in [1.54, 1.807) is 0 Å². The van der Waals surface area contributed by atoms with E-state index >= 15 is 0 Å². The van der Waals surface area contributed by atoms with Gasteiger partial charge in [0.15, 0.2) is 0 Å². The molecule has 1 aromatic carbocycles. The Labute approximate surface area is 153 Å². The average Bonchev–Trinajstić information content (AvgIpc) is 3.24. The summed E-state index contributed by atoms with van der Waals surface area (Å²) >= 11 is 0. The lowest BCUT2D eigenvalue weighted by Gasteiger charge is -2.36. The van der Waals surface area contributed by atoms with Crippen LogP contribution in [0.2, 0.25) is 0 Å². The molecule has 1 fully saturated rings. The van der Waals surface area contributed by atoms with Gasteiger partial charge in [0.25, 0.3) is 0 Å². The van der Waals surface area contributed by atoms with Crippen LogP contribution in [-0.2, 0) is 4.74 Å². The summed E-state index contributed by atoms with van der Waals surface area (Å²) in [5.74, 6) is 1.54. The van der Waals surface area contributed by atoms with Gasteiger partial charge in [0.2, 0.25) is 5.95 Å². The third-order valence-corrected chi connectivity index (χ3v) is 4.68. The number of anilines is 2. The molecule has 134 valence electrons. The minimum absolute atomic E-state index is 0.106. The number of aromatic amines is 1. The largest absolute Gasteiger partial charge is 0.377 e. The van der Waals surface area contributed by atoms with E-state index in [9.17, 15) is 0 Å². The van der Waals surface area contributed by atoms with Crippen LogP contribution in [0.25, 0.3) is 0 Å². The van der Waals surface area contributed by atoms with Crippen molar-refractivity contribution in [2.24, 2.45) is 0 Å². The van der Waals surface area contributed by atoms with Crippen LogP contribution in [0.15, 0.2) is 60.9 Å². The molecule has 0 spiro atoms. The van der Waals surface area contributed by atoms with Crippen LogP contribution in [-0.4, -0.2) is 34.7 Å². The molecule has 1 unspecified atom stereocenters. The van der Waals surface area contributed by atoms with Gasteiger partial charge in [0.1, 0.15) is 5.82 Å². The van der Waals surface area contributed by atoms with Crippen molar-refractivity contribution in [3.8, 4) is 0 Å². The zero-order valence-electron chi connectivity index (χ0n) is 14.8. The Morgan fingerprint density at radius 3 is 2.88 bits per heavy atom. The quantitative estimate of drug-likeness (QED) is 0.737. The van der Waals surface area contributed by atoms with Gasteiger partial charge in [-0.05, 0) is 30.7 Å². The maximum absolute atomic E-state index is 5.73. The maximum atomic E-state index is 5.73. The van der Waals surface area contributed by atoms with E-state index in [0.717, 1.165) is 18.1 Å². The molecule has 2 aromatic heterocycles. The SMILES string of the molecule is CC(Nc1nccc(N2CCOC[C@@H]2c2ccccc2)n1)c1ccc[nH]1. The van der Waals surface area contributed by atoms with Gasteiger partial charge in [-0.15, -0.1) is 0 Å². The smallest absolute Gasteiger partial charge is 0.225 e. The van der Waals surface area contributed by atoms with E-state index in [2.05, 4.69) is 57.4 Å². The van der Waals surface area contributed by atoms with E-state index in [1.165, 1.54) is 5.56 Å². The maximum Gasteiger partial charge on any atom is 0.225 e. The number of ether oxygens (including phenoxy) is 1. The van der Waals surface area contributed by atoms with Crippen molar-refractivity contribution in [1.29, 1.82) is 0 Å². The molecule has 0 amide bonds. The number of nitrogens with one attached hydrogen (secondary N) is 2. The summed E-state index contributed by atoms with van der Waals surface area (Å²) in [4.78, 5) is 14.7.